The molecule has 0 aliphatic rings. The molecular formula is C10H12I2O2Si. The van der Waals surface area contributed by atoms with E-state index in [9.17, 15) is 4.79 Å². The Labute approximate surface area is 120 Å². The molecule has 1 rings (SSSR count). The summed E-state index contributed by atoms with van der Waals surface area (Å²) in [4.78, 5) is 11.6. The summed E-state index contributed by atoms with van der Waals surface area (Å²) in [7, 11) is 1.17. The van der Waals surface area contributed by atoms with Crippen LogP contribution in [-0.4, -0.2) is 22.8 Å². The van der Waals surface area contributed by atoms with Crippen molar-refractivity contribution in [2.45, 2.75) is 12.5 Å². The Bertz CT molecular complexity index is 355. The number of ether oxygens (including phenoxy) is 1. The van der Waals surface area contributed by atoms with Crippen LogP contribution in [0.3, 0.4) is 0 Å². The zero-order valence-corrected chi connectivity index (χ0v) is 14.7. The summed E-state index contributed by atoms with van der Waals surface area (Å²) >= 11 is 4.39. The third-order valence-electron chi connectivity index (χ3n) is 1.88. The van der Waals surface area contributed by atoms with Gasteiger partial charge in [0.05, 0.1) is 12.2 Å². The number of carbonyl (C=O) groups is 1. The van der Waals surface area contributed by atoms with E-state index in [0.29, 0.717) is 12.2 Å². The summed E-state index contributed by atoms with van der Waals surface area (Å²) in [6.07, 6.45) is 0.985. The molecule has 0 saturated heterocycles. The molecule has 0 atom stereocenters. The molecule has 0 aliphatic carbocycles. The van der Waals surface area contributed by atoms with Crippen LogP contribution in [0, 0.1) is 7.14 Å². The smallest absolute Gasteiger partial charge is 0.339 e. The van der Waals surface area contributed by atoms with Crippen molar-refractivity contribution in [2.75, 3.05) is 6.61 Å². The Morgan fingerprint density at radius 1 is 1.40 bits per heavy atom. The van der Waals surface area contributed by atoms with Gasteiger partial charge in [-0.25, -0.2) is 4.79 Å². The normalized spacial score (nSPS) is 10.3. The molecule has 0 radical (unpaired) electrons. The Morgan fingerprint density at radius 3 is 2.73 bits per heavy atom. The molecule has 0 aliphatic heterocycles. The van der Waals surface area contributed by atoms with Crippen molar-refractivity contribution in [3.8, 4) is 0 Å². The van der Waals surface area contributed by atoms with Crippen LogP contribution < -0.4 is 0 Å². The maximum atomic E-state index is 11.6. The van der Waals surface area contributed by atoms with Crippen LogP contribution in [0.1, 0.15) is 16.8 Å². The fraction of sp³-hybridized carbons (Fsp3) is 0.300. The molecule has 0 spiro atoms. The first-order chi connectivity index (χ1) is 7.15. The highest BCUT2D eigenvalue weighted by Gasteiger charge is 2.10. The summed E-state index contributed by atoms with van der Waals surface area (Å²) in [6, 6.07) is 6.90. The van der Waals surface area contributed by atoms with Crippen LogP contribution in [-0.2, 0) is 4.74 Å². The third-order valence-corrected chi connectivity index (χ3v) is 4.15. The van der Waals surface area contributed by atoms with E-state index < -0.39 is 0 Å². The van der Waals surface area contributed by atoms with Gasteiger partial charge in [-0.2, -0.15) is 0 Å². The SMILES string of the molecule is O=C(OCCC[SiH3])c1ccc(I)cc1I. The molecule has 0 aromatic heterocycles. The summed E-state index contributed by atoms with van der Waals surface area (Å²) < 4.78 is 7.25. The van der Waals surface area contributed by atoms with E-state index in [2.05, 4.69) is 45.2 Å². The van der Waals surface area contributed by atoms with Gasteiger partial charge in [-0.15, -0.1) is 0 Å². The predicted octanol–water partition coefficient (Wildman–Crippen LogP) is 2.23. The molecule has 82 valence electrons. The van der Waals surface area contributed by atoms with Crippen LogP contribution in [0.2, 0.25) is 6.04 Å². The first-order valence-electron chi connectivity index (χ1n) is 4.77. The summed E-state index contributed by atoms with van der Waals surface area (Å²) in [5.74, 6) is -0.203. The van der Waals surface area contributed by atoms with Gasteiger partial charge in [-0.1, -0.05) is 6.04 Å². The second kappa shape index (κ2) is 6.84. The van der Waals surface area contributed by atoms with Crippen molar-refractivity contribution >= 4 is 61.4 Å². The highest BCUT2D eigenvalue weighted by Crippen LogP contribution is 2.17. The van der Waals surface area contributed by atoms with Crippen molar-refractivity contribution < 1.29 is 9.53 Å². The number of hydrogen-bond acceptors (Lipinski definition) is 2. The summed E-state index contributed by atoms with van der Waals surface area (Å²) in [6.45, 7) is 0.546. The van der Waals surface area contributed by atoms with E-state index in [0.717, 1.165) is 13.6 Å². The van der Waals surface area contributed by atoms with Gasteiger partial charge < -0.3 is 4.74 Å². The molecule has 0 fully saturated rings. The Morgan fingerprint density at radius 2 is 2.13 bits per heavy atom. The third kappa shape index (κ3) is 4.39. The largest absolute Gasteiger partial charge is 0.462 e. The highest BCUT2D eigenvalue weighted by atomic mass is 127. The molecule has 1 aromatic carbocycles. The predicted molar refractivity (Wildman–Crippen MR) is 81.5 cm³/mol. The number of hydrogen-bond donors (Lipinski definition) is 0. The number of esters is 1. The minimum absolute atomic E-state index is 0.203. The van der Waals surface area contributed by atoms with E-state index in [4.69, 9.17) is 4.74 Å². The minimum atomic E-state index is -0.203. The van der Waals surface area contributed by atoms with Crippen LogP contribution in [0.5, 0.6) is 0 Å². The maximum Gasteiger partial charge on any atom is 0.339 e. The molecule has 0 unspecified atom stereocenters. The van der Waals surface area contributed by atoms with Crippen molar-refractivity contribution in [2.24, 2.45) is 0 Å². The Kier molecular flexibility index (Phi) is 6.13. The van der Waals surface area contributed by atoms with Gasteiger partial charge in [0.15, 0.2) is 0 Å². The van der Waals surface area contributed by atoms with E-state index >= 15 is 0 Å². The number of halogens is 2. The van der Waals surface area contributed by atoms with Crippen LogP contribution >= 0.6 is 45.2 Å². The second-order valence-electron chi connectivity index (χ2n) is 3.11. The average Bonchev–Trinajstić information content (AvgIpc) is 2.17. The Hall–Kier alpha value is 0.367. The Balaban J connectivity index is 2.65. The molecule has 0 bridgehead atoms. The number of carbonyl (C=O) groups excluding carboxylic acids is 1. The van der Waals surface area contributed by atoms with Gasteiger partial charge >= 0.3 is 5.97 Å². The topological polar surface area (TPSA) is 26.3 Å². The zero-order valence-electron chi connectivity index (χ0n) is 8.43. The lowest BCUT2D eigenvalue weighted by Gasteiger charge is -2.05. The lowest BCUT2D eigenvalue weighted by atomic mass is 10.2. The standard InChI is InChI=1S/C10H12I2O2Si/c11-7-2-3-8(9(12)6-7)10(13)14-4-1-5-15/h2-3,6H,1,4-5H2,15H3. The van der Waals surface area contributed by atoms with Crippen molar-refractivity contribution in [1.29, 1.82) is 0 Å². The van der Waals surface area contributed by atoms with Gasteiger partial charge in [-0.3, -0.25) is 0 Å². The number of benzene rings is 1. The van der Waals surface area contributed by atoms with Gasteiger partial charge in [0.25, 0.3) is 0 Å². The van der Waals surface area contributed by atoms with Crippen molar-refractivity contribution in [3.05, 3.63) is 30.9 Å². The second-order valence-corrected chi connectivity index (χ2v) is 6.52. The fourth-order valence-electron chi connectivity index (χ4n) is 1.04. The zero-order chi connectivity index (χ0) is 11.3. The molecule has 0 saturated carbocycles. The summed E-state index contributed by atoms with van der Waals surface area (Å²) in [5, 5.41) is 0. The highest BCUT2D eigenvalue weighted by molar-refractivity contribution is 14.1. The molecule has 5 heteroatoms. The molecule has 0 amide bonds. The number of rotatable bonds is 4. The van der Waals surface area contributed by atoms with E-state index in [1.54, 1.807) is 0 Å². The van der Waals surface area contributed by atoms with E-state index in [-0.39, 0.29) is 5.97 Å². The quantitative estimate of drug-likeness (QED) is 0.307. The molecule has 1 aromatic rings. The maximum absolute atomic E-state index is 11.6. The first-order valence-corrected chi connectivity index (χ1v) is 8.34. The van der Waals surface area contributed by atoms with Gasteiger partial charge in [0.2, 0.25) is 0 Å². The molecule has 0 heterocycles. The van der Waals surface area contributed by atoms with Gasteiger partial charge in [0, 0.05) is 17.4 Å². The molecule has 15 heavy (non-hydrogen) atoms. The van der Waals surface area contributed by atoms with Crippen LogP contribution in [0.25, 0.3) is 0 Å². The van der Waals surface area contributed by atoms with Crippen molar-refractivity contribution in [1.82, 2.24) is 0 Å². The van der Waals surface area contributed by atoms with Crippen molar-refractivity contribution in [3.63, 3.8) is 0 Å². The van der Waals surface area contributed by atoms with Crippen LogP contribution in [0.15, 0.2) is 18.2 Å². The summed E-state index contributed by atoms with van der Waals surface area (Å²) in [5.41, 5.74) is 0.671. The first kappa shape index (κ1) is 13.4. The molecular weight excluding hydrogens is 434 g/mol. The molecule has 0 N–H and O–H groups in total. The van der Waals surface area contributed by atoms with E-state index in [1.165, 1.54) is 16.3 Å². The minimum Gasteiger partial charge on any atom is -0.462 e. The van der Waals surface area contributed by atoms with Gasteiger partial charge in [0.1, 0.15) is 0 Å². The van der Waals surface area contributed by atoms with E-state index in [1.807, 2.05) is 18.2 Å². The lowest BCUT2D eigenvalue weighted by molar-refractivity contribution is 0.0504. The average molecular weight is 446 g/mol. The van der Waals surface area contributed by atoms with Crippen LogP contribution in [0.4, 0.5) is 0 Å². The lowest BCUT2D eigenvalue weighted by Crippen LogP contribution is -2.08. The fourth-order valence-corrected chi connectivity index (χ4v) is 3.15. The monoisotopic (exact) mass is 446 g/mol. The van der Waals surface area contributed by atoms with Gasteiger partial charge in [-0.05, 0) is 69.8 Å². The molecule has 2 nitrogen and oxygen atoms in total.